The maximum Gasteiger partial charge on any atom is 0.333 e. The first kappa shape index (κ1) is 26.1. The van der Waals surface area contributed by atoms with Crippen molar-refractivity contribution < 1.29 is 23.9 Å². The van der Waals surface area contributed by atoms with Crippen LogP contribution in [0.5, 0.6) is 5.75 Å². The number of anilines is 1. The van der Waals surface area contributed by atoms with Crippen molar-refractivity contribution in [2.24, 2.45) is 0 Å². The molecule has 178 valence electrons. The normalized spacial score (nSPS) is 10.4. The summed E-state index contributed by atoms with van der Waals surface area (Å²) in [6.07, 6.45) is 3.25. The molecule has 2 rings (SSSR count). The number of rotatable bonds is 13. The first-order valence-electron chi connectivity index (χ1n) is 10.8. The van der Waals surface area contributed by atoms with Gasteiger partial charge in [0.05, 0.1) is 0 Å². The van der Waals surface area contributed by atoms with Crippen molar-refractivity contribution in [2.45, 2.75) is 13.8 Å². The monoisotopic (exact) mass is 462 g/mol. The molecule has 0 aliphatic carbocycles. The van der Waals surface area contributed by atoms with Crippen LogP contribution in [0, 0.1) is 0 Å². The lowest BCUT2D eigenvalue weighted by Gasteiger charge is -2.08. The number of benzene rings is 2. The molecule has 0 fully saturated rings. The number of amides is 1. The zero-order valence-electron chi connectivity index (χ0n) is 19.6. The van der Waals surface area contributed by atoms with Gasteiger partial charge in [-0.25, -0.2) is 4.79 Å². The molecule has 7 nitrogen and oxygen atoms in total. The summed E-state index contributed by atoms with van der Waals surface area (Å²) in [5, 5.41) is 5.93. The van der Waals surface area contributed by atoms with Gasteiger partial charge in [-0.2, -0.15) is 0 Å². The molecule has 0 aliphatic heterocycles. The molecule has 0 saturated heterocycles. The second kappa shape index (κ2) is 13.4. The van der Waals surface area contributed by atoms with E-state index in [9.17, 15) is 14.4 Å². The highest BCUT2D eigenvalue weighted by Crippen LogP contribution is 2.15. The number of hydrogen-bond donors (Lipinski definition) is 2. The largest absolute Gasteiger partial charge is 0.490 e. The lowest BCUT2D eigenvalue weighted by atomic mass is 10.1. The molecule has 2 aromatic rings. The van der Waals surface area contributed by atoms with Gasteiger partial charge in [0, 0.05) is 35.5 Å². The Bertz CT molecular complexity index is 1050. The minimum Gasteiger partial charge on any atom is -0.490 e. The number of carbonyl (C=O) groups excluding carboxylic acids is 3. The molecule has 0 aliphatic rings. The minimum absolute atomic E-state index is 0.111. The lowest BCUT2D eigenvalue weighted by Crippen LogP contribution is -2.28. The Morgan fingerprint density at radius 2 is 1.56 bits per heavy atom. The van der Waals surface area contributed by atoms with Crippen LogP contribution < -0.4 is 15.4 Å². The predicted octanol–water partition coefficient (Wildman–Crippen LogP) is 4.19. The van der Waals surface area contributed by atoms with Crippen molar-refractivity contribution in [3.05, 3.63) is 90.0 Å². The van der Waals surface area contributed by atoms with E-state index in [1.807, 2.05) is 24.3 Å². The number of carbonyl (C=O) groups is 3. The van der Waals surface area contributed by atoms with Crippen LogP contribution in [0.2, 0.25) is 0 Å². The Morgan fingerprint density at radius 1 is 0.882 bits per heavy atom. The van der Waals surface area contributed by atoms with Gasteiger partial charge in [0.2, 0.25) is 5.91 Å². The van der Waals surface area contributed by atoms with Crippen molar-refractivity contribution in [1.29, 1.82) is 0 Å². The fraction of sp³-hybridized carbons (Fsp3) is 0.222. The third-order valence-corrected chi connectivity index (χ3v) is 4.54. The fourth-order valence-corrected chi connectivity index (χ4v) is 2.65. The molecule has 2 aromatic carbocycles. The topological polar surface area (TPSA) is 93.7 Å². The quantitative estimate of drug-likeness (QED) is 0.201. The van der Waals surface area contributed by atoms with Crippen LogP contribution in [0.4, 0.5) is 5.69 Å². The molecule has 0 spiro atoms. The van der Waals surface area contributed by atoms with E-state index in [0.717, 1.165) is 11.3 Å². The summed E-state index contributed by atoms with van der Waals surface area (Å²) in [5.41, 5.74) is 3.10. The van der Waals surface area contributed by atoms with Crippen LogP contribution in [0.15, 0.2) is 78.9 Å². The van der Waals surface area contributed by atoms with Crippen LogP contribution >= 0.6 is 0 Å². The first-order chi connectivity index (χ1) is 16.3. The molecule has 0 heterocycles. The summed E-state index contributed by atoms with van der Waals surface area (Å²) < 4.78 is 10.5. The van der Waals surface area contributed by atoms with E-state index >= 15 is 0 Å². The Balaban J connectivity index is 1.77. The molecule has 34 heavy (non-hydrogen) atoms. The van der Waals surface area contributed by atoms with Crippen LogP contribution in [0.1, 0.15) is 29.8 Å². The molecule has 0 atom stereocenters. The zero-order valence-corrected chi connectivity index (χ0v) is 19.6. The molecular weight excluding hydrogens is 432 g/mol. The maximum absolute atomic E-state index is 12.4. The van der Waals surface area contributed by atoms with Crippen LogP contribution in [0.3, 0.4) is 0 Å². The van der Waals surface area contributed by atoms with Crippen molar-refractivity contribution >= 4 is 29.4 Å². The third-order valence-electron chi connectivity index (χ3n) is 4.54. The van der Waals surface area contributed by atoms with Gasteiger partial charge >= 0.3 is 5.97 Å². The van der Waals surface area contributed by atoms with E-state index in [4.69, 9.17) is 9.47 Å². The number of allylic oxidation sites excluding steroid dienone is 1. The van der Waals surface area contributed by atoms with E-state index in [1.165, 1.54) is 6.08 Å². The van der Waals surface area contributed by atoms with E-state index in [2.05, 4.69) is 23.8 Å². The van der Waals surface area contributed by atoms with E-state index in [0.29, 0.717) is 35.5 Å². The number of nitrogens with one attached hydrogen (secondary N) is 2. The molecule has 1 amide bonds. The van der Waals surface area contributed by atoms with Gasteiger partial charge in [-0.15, -0.1) is 0 Å². The molecular formula is C27H30N2O5. The Morgan fingerprint density at radius 3 is 2.18 bits per heavy atom. The number of hydrogen-bond acceptors (Lipinski definition) is 6. The Labute approximate surface area is 200 Å². The standard InChI is InChI=1S/C27H30N2O5/c1-19(2)26(31)29-16-15-28-23-10-8-22(9-11-23)25(30)14-7-21-5-12-24(13-6-21)33-17-18-34-27(32)20(3)4/h5-14,28H,1,3,15-18H2,2,4H3,(H,29,31)/b14-7+. The van der Waals surface area contributed by atoms with Crippen LogP contribution in [-0.4, -0.2) is 44.0 Å². The Kier molecular flexibility index (Phi) is 10.3. The molecule has 0 bridgehead atoms. The van der Waals surface area contributed by atoms with Crippen LogP contribution in [0.25, 0.3) is 6.08 Å². The molecule has 0 aromatic heterocycles. The van der Waals surface area contributed by atoms with Crippen molar-refractivity contribution in [3.8, 4) is 5.75 Å². The molecule has 0 unspecified atom stereocenters. The summed E-state index contributed by atoms with van der Waals surface area (Å²) in [7, 11) is 0. The predicted molar refractivity (Wildman–Crippen MR) is 134 cm³/mol. The molecule has 2 N–H and O–H groups in total. The number of ketones is 1. The summed E-state index contributed by atoms with van der Waals surface area (Å²) in [5.74, 6) is -0.0840. The van der Waals surface area contributed by atoms with Gasteiger partial charge < -0.3 is 20.1 Å². The molecule has 0 saturated carbocycles. The highest BCUT2D eigenvalue weighted by Gasteiger charge is 2.04. The van der Waals surface area contributed by atoms with E-state index in [1.54, 1.807) is 44.2 Å². The minimum atomic E-state index is -0.441. The van der Waals surface area contributed by atoms with Gasteiger partial charge in [-0.05, 0) is 61.9 Å². The fourth-order valence-electron chi connectivity index (χ4n) is 2.65. The van der Waals surface area contributed by atoms with Gasteiger partial charge in [0.1, 0.15) is 19.0 Å². The summed E-state index contributed by atoms with van der Waals surface area (Å²) in [6, 6.07) is 14.4. The SMILES string of the molecule is C=C(C)C(=O)NCCNc1ccc(C(=O)/C=C/c2ccc(OCCOC(=O)C(=C)C)cc2)cc1. The van der Waals surface area contributed by atoms with Gasteiger partial charge in [-0.3, -0.25) is 9.59 Å². The summed E-state index contributed by atoms with van der Waals surface area (Å²) in [6.45, 7) is 11.8. The maximum atomic E-state index is 12.4. The smallest absolute Gasteiger partial charge is 0.333 e. The number of esters is 1. The molecule has 0 radical (unpaired) electrons. The van der Waals surface area contributed by atoms with Gasteiger partial charge in [0.15, 0.2) is 5.78 Å². The average molecular weight is 463 g/mol. The van der Waals surface area contributed by atoms with E-state index < -0.39 is 5.97 Å². The third kappa shape index (κ3) is 9.16. The molecule has 7 heteroatoms. The van der Waals surface area contributed by atoms with Gasteiger partial charge in [-0.1, -0.05) is 31.4 Å². The Hall–Kier alpha value is -4.13. The summed E-state index contributed by atoms with van der Waals surface area (Å²) in [4.78, 5) is 35.2. The van der Waals surface area contributed by atoms with Crippen molar-refractivity contribution in [1.82, 2.24) is 5.32 Å². The first-order valence-corrected chi connectivity index (χ1v) is 10.8. The highest BCUT2D eigenvalue weighted by atomic mass is 16.6. The van der Waals surface area contributed by atoms with Crippen LogP contribution in [-0.2, 0) is 14.3 Å². The highest BCUT2D eigenvalue weighted by molar-refractivity contribution is 6.07. The zero-order chi connectivity index (χ0) is 24.9. The van der Waals surface area contributed by atoms with Gasteiger partial charge in [0.25, 0.3) is 0 Å². The second-order valence-corrected chi connectivity index (χ2v) is 7.57. The number of ether oxygens (including phenoxy) is 2. The van der Waals surface area contributed by atoms with Crippen molar-refractivity contribution in [3.63, 3.8) is 0 Å². The average Bonchev–Trinajstić information content (AvgIpc) is 2.83. The second-order valence-electron chi connectivity index (χ2n) is 7.57. The lowest BCUT2D eigenvalue weighted by molar-refractivity contribution is -0.139. The van der Waals surface area contributed by atoms with E-state index in [-0.39, 0.29) is 24.9 Å². The van der Waals surface area contributed by atoms with Crippen molar-refractivity contribution in [2.75, 3.05) is 31.6 Å². The summed E-state index contributed by atoms with van der Waals surface area (Å²) >= 11 is 0.